The fourth-order valence-corrected chi connectivity index (χ4v) is 2.64. The Labute approximate surface area is 150 Å². The van der Waals surface area contributed by atoms with E-state index in [1.165, 1.54) is 0 Å². The van der Waals surface area contributed by atoms with Crippen molar-refractivity contribution >= 4 is 22.5 Å². The normalized spacial score (nSPS) is 10.6. The number of nitrogens with zero attached hydrogens (tertiary/aromatic N) is 1. The quantitative estimate of drug-likeness (QED) is 0.485. The molecule has 0 atom stereocenters. The van der Waals surface area contributed by atoms with Gasteiger partial charge in [-0.3, -0.25) is 9.59 Å². The lowest BCUT2D eigenvalue weighted by Crippen LogP contribution is -2.29. The summed E-state index contributed by atoms with van der Waals surface area (Å²) in [5, 5.41) is 23.0. The zero-order valence-corrected chi connectivity index (χ0v) is 14.2. The summed E-state index contributed by atoms with van der Waals surface area (Å²) in [5.74, 6) is 0.755. The van der Waals surface area contributed by atoms with E-state index >= 15 is 0 Å². The van der Waals surface area contributed by atoms with Crippen LogP contribution < -0.4 is 16.2 Å². The second-order valence-corrected chi connectivity index (χ2v) is 5.89. The van der Waals surface area contributed by atoms with E-state index in [9.17, 15) is 14.7 Å². The van der Waals surface area contributed by atoms with Gasteiger partial charge < -0.3 is 15.7 Å². The van der Waals surface area contributed by atoms with Crippen molar-refractivity contribution in [1.82, 2.24) is 15.5 Å². The van der Waals surface area contributed by atoms with Crippen LogP contribution in [-0.4, -0.2) is 34.3 Å². The summed E-state index contributed by atoms with van der Waals surface area (Å²) < 4.78 is 0. The van der Waals surface area contributed by atoms with Gasteiger partial charge in [-0.15, -0.1) is 0 Å². The number of benzene rings is 2. The standard InChI is InChI=1S/C19H20N4O3/c24-14-8-5-13(6-9-14)7-10-17(25)20-11-12-21-18-15-3-1-2-4-16(15)19(26)23-22-18/h1-6,8-9,24H,7,10-12H2,(H,20,25)(H,21,22)(H,23,26). The number of aromatic amines is 1. The van der Waals surface area contributed by atoms with E-state index in [4.69, 9.17) is 0 Å². The maximum absolute atomic E-state index is 11.9. The van der Waals surface area contributed by atoms with Crippen molar-refractivity contribution < 1.29 is 9.90 Å². The van der Waals surface area contributed by atoms with Crippen molar-refractivity contribution in [2.24, 2.45) is 0 Å². The van der Waals surface area contributed by atoms with Gasteiger partial charge in [-0.2, -0.15) is 5.10 Å². The summed E-state index contributed by atoms with van der Waals surface area (Å²) in [6.07, 6.45) is 0.996. The van der Waals surface area contributed by atoms with Crippen molar-refractivity contribution in [2.45, 2.75) is 12.8 Å². The monoisotopic (exact) mass is 352 g/mol. The number of rotatable bonds is 7. The summed E-state index contributed by atoms with van der Waals surface area (Å²) in [6, 6.07) is 14.0. The van der Waals surface area contributed by atoms with E-state index in [0.29, 0.717) is 37.1 Å². The van der Waals surface area contributed by atoms with E-state index in [-0.39, 0.29) is 17.2 Å². The number of hydrogen-bond acceptors (Lipinski definition) is 5. The molecule has 1 amide bonds. The summed E-state index contributed by atoms with van der Waals surface area (Å²) in [7, 11) is 0. The van der Waals surface area contributed by atoms with E-state index in [1.54, 1.807) is 36.4 Å². The first-order chi connectivity index (χ1) is 12.6. The first-order valence-electron chi connectivity index (χ1n) is 8.39. The van der Waals surface area contributed by atoms with Gasteiger partial charge in [0.1, 0.15) is 5.75 Å². The van der Waals surface area contributed by atoms with E-state index in [2.05, 4.69) is 20.8 Å². The molecule has 3 aromatic rings. The lowest BCUT2D eigenvalue weighted by atomic mass is 10.1. The predicted octanol–water partition coefficient (Wildman–Crippen LogP) is 1.79. The fourth-order valence-electron chi connectivity index (χ4n) is 2.64. The molecule has 1 aromatic heterocycles. The van der Waals surface area contributed by atoms with Gasteiger partial charge in [0, 0.05) is 24.9 Å². The molecular formula is C19H20N4O3. The van der Waals surface area contributed by atoms with E-state index in [0.717, 1.165) is 10.9 Å². The molecule has 3 rings (SSSR count). The zero-order valence-electron chi connectivity index (χ0n) is 14.2. The highest BCUT2D eigenvalue weighted by atomic mass is 16.3. The topological polar surface area (TPSA) is 107 Å². The highest BCUT2D eigenvalue weighted by molar-refractivity contribution is 5.90. The Balaban J connectivity index is 1.45. The molecule has 0 spiro atoms. The maximum Gasteiger partial charge on any atom is 0.272 e. The summed E-state index contributed by atoms with van der Waals surface area (Å²) in [4.78, 5) is 23.6. The molecule has 0 bridgehead atoms. The van der Waals surface area contributed by atoms with Crippen molar-refractivity contribution in [3.05, 3.63) is 64.4 Å². The molecule has 0 saturated carbocycles. The van der Waals surface area contributed by atoms with Crippen LogP contribution in [0.1, 0.15) is 12.0 Å². The SMILES string of the molecule is O=C(CCc1ccc(O)cc1)NCCNc1n[nH]c(=O)c2ccccc12. The number of hydrogen-bond donors (Lipinski definition) is 4. The molecule has 0 aliphatic carbocycles. The minimum absolute atomic E-state index is 0.0424. The molecule has 0 saturated heterocycles. The molecule has 26 heavy (non-hydrogen) atoms. The molecule has 1 heterocycles. The molecule has 0 unspecified atom stereocenters. The molecule has 7 nitrogen and oxygen atoms in total. The lowest BCUT2D eigenvalue weighted by molar-refractivity contribution is -0.120. The lowest BCUT2D eigenvalue weighted by Gasteiger charge is -2.09. The minimum Gasteiger partial charge on any atom is -0.508 e. The summed E-state index contributed by atoms with van der Waals surface area (Å²) in [5.41, 5.74) is 0.772. The number of carbonyl (C=O) groups is 1. The van der Waals surface area contributed by atoms with Gasteiger partial charge in [-0.1, -0.05) is 30.3 Å². The second kappa shape index (κ2) is 8.15. The van der Waals surface area contributed by atoms with Gasteiger partial charge in [-0.05, 0) is 30.2 Å². The third kappa shape index (κ3) is 4.38. The van der Waals surface area contributed by atoms with Crippen molar-refractivity contribution in [1.29, 1.82) is 0 Å². The van der Waals surface area contributed by atoms with Crippen LogP contribution in [0.2, 0.25) is 0 Å². The van der Waals surface area contributed by atoms with Gasteiger partial charge in [0.15, 0.2) is 5.82 Å². The molecule has 0 fully saturated rings. The van der Waals surface area contributed by atoms with Crippen LogP contribution >= 0.6 is 0 Å². The molecule has 7 heteroatoms. The van der Waals surface area contributed by atoms with Crippen molar-refractivity contribution in [3.8, 4) is 5.75 Å². The molecule has 134 valence electrons. The third-order valence-electron chi connectivity index (χ3n) is 4.01. The van der Waals surface area contributed by atoms with Crippen LogP contribution in [0.3, 0.4) is 0 Å². The van der Waals surface area contributed by atoms with Gasteiger partial charge in [-0.25, -0.2) is 5.10 Å². The largest absolute Gasteiger partial charge is 0.508 e. The van der Waals surface area contributed by atoms with Gasteiger partial charge in [0.05, 0.1) is 5.39 Å². The van der Waals surface area contributed by atoms with Crippen molar-refractivity contribution in [3.63, 3.8) is 0 Å². The second-order valence-electron chi connectivity index (χ2n) is 5.89. The average Bonchev–Trinajstić information content (AvgIpc) is 2.66. The highest BCUT2D eigenvalue weighted by Crippen LogP contribution is 2.16. The number of carbonyl (C=O) groups excluding carboxylic acids is 1. The predicted molar refractivity (Wildman–Crippen MR) is 100 cm³/mol. The first kappa shape index (κ1) is 17.5. The van der Waals surface area contributed by atoms with E-state index < -0.39 is 0 Å². The van der Waals surface area contributed by atoms with Crippen LogP contribution in [0.15, 0.2) is 53.3 Å². The first-order valence-corrected chi connectivity index (χ1v) is 8.39. The van der Waals surface area contributed by atoms with Gasteiger partial charge in [0.2, 0.25) is 5.91 Å². The number of anilines is 1. The summed E-state index contributed by atoms with van der Waals surface area (Å²) >= 11 is 0. The highest BCUT2D eigenvalue weighted by Gasteiger charge is 2.06. The number of phenolic OH excluding ortho intramolecular Hbond substituents is 1. The zero-order chi connectivity index (χ0) is 18.4. The number of phenols is 1. The van der Waals surface area contributed by atoms with Crippen molar-refractivity contribution in [2.75, 3.05) is 18.4 Å². The number of amides is 1. The van der Waals surface area contributed by atoms with Crippen LogP contribution in [0.25, 0.3) is 10.8 Å². The number of H-pyrrole nitrogens is 1. The number of fused-ring (bicyclic) bond motifs is 1. The van der Waals surface area contributed by atoms with Gasteiger partial charge >= 0.3 is 0 Å². The Morgan fingerprint density at radius 1 is 1.04 bits per heavy atom. The molecule has 2 aromatic carbocycles. The smallest absolute Gasteiger partial charge is 0.272 e. The van der Waals surface area contributed by atoms with Crippen LogP contribution in [0, 0.1) is 0 Å². The van der Waals surface area contributed by atoms with E-state index in [1.807, 2.05) is 12.1 Å². The molecular weight excluding hydrogens is 332 g/mol. The Morgan fingerprint density at radius 2 is 1.77 bits per heavy atom. The fraction of sp³-hybridized carbons (Fsp3) is 0.211. The Bertz CT molecular complexity index is 951. The number of aromatic hydroxyl groups is 1. The Kier molecular flexibility index (Phi) is 5.48. The minimum atomic E-state index is -0.228. The number of aryl methyl sites for hydroxylation is 1. The Morgan fingerprint density at radius 3 is 2.54 bits per heavy atom. The van der Waals surface area contributed by atoms with Gasteiger partial charge in [0.25, 0.3) is 5.56 Å². The molecule has 4 N–H and O–H groups in total. The summed E-state index contributed by atoms with van der Waals surface area (Å²) in [6.45, 7) is 0.942. The average molecular weight is 352 g/mol. The number of nitrogens with one attached hydrogen (secondary N) is 3. The third-order valence-corrected chi connectivity index (χ3v) is 4.01. The molecule has 0 radical (unpaired) electrons. The molecule has 0 aliphatic rings. The van der Waals surface area contributed by atoms with Crippen LogP contribution in [-0.2, 0) is 11.2 Å². The number of aromatic nitrogens is 2. The molecule has 0 aliphatic heterocycles. The Hall–Kier alpha value is -3.35. The van der Waals surface area contributed by atoms with Crippen LogP contribution in [0.4, 0.5) is 5.82 Å². The van der Waals surface area contributed by atoms with Crippen LogP contribution in [0.5, 0.6) is 5.75 Å². The maximum atomic E-state index is 11.9.